The van der Waals surface area contributed by atoms with Crippen LogP contribution in [0.25, 0.3) is 0 Å². The highest BCUT2D eigenvalue weighted by atomic mass is 16.5. The van der Waals surface area contributed by atoms with Gasteiger partial charge in [-0.1, -0.05) is 30.3 Å². The maximum absolute atomic E-state index is 11.8. The first-order valence-corrected chi connectivity index (χ1v) is 6.07. The van der Waals surface area contributed by atoms with Crippen LogP contribution in [0.15, 0.2) is 47.2 Å². The molecule has 0 spiro atoms. The zero-order valence-electron chi connectivity index (χ0n) is 10.9. The third kappa shape index (κ3) is 3.68. The van der Waals surface area contributed by atoms with Gasteiger partial charge in [0.15, 0.2) is 0 Å². The van der Waals surface area contributed by atoms with E-state index in [1.807, 2.05) is 30.3 Å². The number of benzene rings is 1. The predicted molar refractivity (Wildman–Crippen MR) is 69.7 cm³/mol. The summed E-state index contributed by atoms with van der Waals surface area (Å²) in [6.07, 6.45) is 2.01. The number of imide groups is 1. The van der Waals surface area contributed by atoms with E-state index in [-0.39, 0.29) is 12.5 Å². The number of nitrogens with one attached hydrogen (secondary N) is 1. The number of rotatable bonds is 4. The standard InChI is InChI=1S/C14H14N2O4/c1-10(13-15-7-8-19-13)12(17)16-14(18)20-9-11-5-3-2-4-6-11/h2-8,10H,9H2,1H3,(H,16,17,18). The lowest BCUT2D eigenvalue weighted by Crippen LogP contribution is -2.34. The lowest BCUT2D eigenvalue weighted by molar-refractivity contribution is -0.122. The number of hydrogen-bond acceptors (Lipinski definition) is 5. The number of amides is 2. The van der Waals surface area contributed by atoms with Crippen molar-refractivity contribution < 1.29 is 18.7 Å². The van der Waals surface area contributed by atoms with Crippen molar-refractivity contribution in [3.63, 3.8) is 0 Å². The Morgan fingerprint density at radius 2 is 2.10 bits per heavy atom. The van der Waals surface area contributed by atoms with Crippen molar-refractivity contribution in [3.8, 4) is 0 Å². The summed E-state index contributed by atoms with van der Waals surface area (Å²) in [5.41, 5.74) is 0.843. The van der Waals surface area contributed by atoms with E-state index in [9.17, 15) is 9.59 Å². The molecule has 2 aromatic rings. The summed E-state index contributed by atoms with van der Waals surface area (Å²) in [5.74, 6) is -0.932. The second kappa shape index (κ2) is 6.51. The number of alkyl carbamates (subject to hydrolysis) is 1. The van der Waals surface area contributed by atoms with Crippen molar-refractivity contribution in [2.24, 2.45) is 0 Å². The van der Waals surface area contributed by atoms with Crippen LogP contribution in [0.4, 0.5) is 4.79 Å². The van der Waals surface area contributed by atoms with Gasteiger partial charge in [-0.25, -0.2) is 9.78 Å². The highest BCUT2D eigenvalue weighted by molar-refractivity contribution is 5.94. The molecular formula is C14H14N2O4. The number of carbonyl (C=O) groups is 2. The van der Waals surface area contributed by atoms with Crippen LogP contribution in [0.3, 0.4) is 0 Å². The topological polar surface area (TPSA) is 81.4 Å². The van der Waals surface area contributed by atoms with E-state index in [1.54, 1.807) is 6.92 Å². The third-order valence-electron chi connectivity index (χ3n) is 2.65. The van der Waals surface area contributed by atoms with Gasteiger partial charge in [0.1, 0.15) is 18.8 Å². The number of oxazole rings is 1. The van der Waals surface area contributed by atoms with Crippen LogP contribution in [-0.2, 0) is 16.1 Å². The molecule has 6 heteroatoms. The zero-order valence-corrected chi connectivity index (χ0v) is 10.9. The first-order valence-electron chi connectivity index (χ1n) is 6.07. The average molecular weight is 274 g/mol. The van der Waals surface area contributed by atoms with E-state index < -0.39 is 17.9 Å². The van der Waals surface area contributed by atoms with Crippen LogP contribution in [-0.4, -0.2) is 17.0 Å². The van der Waals surface area contributed by atoms with Gasteiger partial charge in [0, 0.05) is 0 Å². The minimum Gasteiger partial charge on any atom is -0.448 e. The summed E-state index contributed by atoms with van der Waals surface area (Å²) in [7, 11) is 0. The molecule has 0 saturated heterocycles. The molecule has 1 atom stereocenters. The van der Waals surface area contributed by atoms with Gasteiger partial charge in [-0.05, 0) is 12.5 Å². The van der Waals surface area contributed by atoms with Gasteiger partial charge >= 0.3 is 6.09 Å². The maximum atomic E-state index is 11.8. The molecule has 0 bridgehead atoms. The molecule has 20 heavy (non-hydrogen) atoms. The number of nitrogens with zero attached hydrogens (tertiary/aromatic N) is 1. The first-order chi connectivity index (χ1) is 9.66. The number of hydrogen-bond donors (Lipinski definition) is 1. The molecule has 104 valence electrons. The van der Waals surface area contributed by atoms with Crippen molar-refractivity contribution in [2.45, 2.75) is 19.4 Å². The van der Waals surface area contributed by atoms with Crippen LogP contribution in [0.5, 0.6) is 0 Å². The van der Waals surface area contributed by atoms with Crippen LogP contribution in [0.2, 0.25) is 0 Å². The van der Waals surface area contributed by atoms with Gasteiger partial charge in [0.25, 0.3) is 0 Å². The van der Waals surface area contributed by atoms with Crippen LogP contribution < -0.4 is 5.32 Å². The van der Waals surface area contributed by atoms with Gasteiger partial charge in [0.05, 0.1) is 6.20 Å². The quantitative estimate of drug-likeness (QED) is 0.924. The molecule has 0 aliphatic rings. The summed E-state index contributed by atoms with van der Waals surface area (Å²) in [6, 6.07) is 9.19. The SMILES string of the molecule is CC(C(=O)NC(=O)OCc1ccccc1)c1ncco1. The average Bonchev–Trinajstić information content (AvgIpc) is 2.99. The summed E-state index contributed by atoms with van der Waals surface area (Å²) in [4.78, 5) is 27.1. The molecule has 0 radical (unpaired) electrons. The third-order valence-corrected chi connectivity index (χ3v) is 2.65. The predicted octanol–water partition coefficient (Wildman–Crippen LogP) is 2.23. The molecule has 2 rings (SSSR count). The lowest BCUT2D eigenvalue weighted by Gasteiger charge is -2.09. The minimum atomic E-state index is -0.794. The smallest absolute Gasteiger partial charge is 0.414 e. The highest BCUT2D eigenvalue weighted by Gasteiger charge is 2.21. The van der Waals surface area contributed by atoms with Crippen LogP contribution in [0.1, 0.15) is 24.3 Å². The van der Waals surface area contributed by atoms with Gasteiger partial charge in [-0.3, -0.25) is 10.1 Å². The van der Waals surface area contributed by atoms with Crippen LogP contribution in [0, 0.1) is 0 Å². The molecular weight excluding hydrogens is 260 g/mol. The lowest BCUT2D eigenvalue weighted by atomic mass is 10.2. The largest absolute Gasteiger partial charge is 0.448 e. The van der Waals surface area contributed by atoms with Crippen molar-refractivity contribution in [1.29, 1.82) is 0 Å². The van der Waals surface area contributed by atoms with E-state index in [2.05, 4.69) is 10.3 Å². The summed E-state index contributed by atoms with van der Waals surface area (Å²) < 4.78 is 9.95. The molecule has 6 nitrogen and oxygen atoms in total. The summed E-state index contributed by atoms with van der Waals surface area (Å²) in [5, 5.41) is 2.14. The Kier molecular flexibility index (Phi) is 4.49. The summed E-state index contributed by atoms with van der Waals surface area (Å²) >= 11 is 0. The molecule has 1 aromatic carbocycles. The Bertz CT molecular complexity index is 566. The molecule has 1 N–H and O–H groups in total. The maximum Gasteiger partial charge on any atom is 0.414 e. The fourth-order valence-corrected chi connectivity index (χ4v) is 1.53. The van der Waals surface area contributed by atoms with Gasteiger partial charge in [-0.15, -0.1) is 0 Å². The van der Waals surface area contributed by atoms with E-state index >= 15 is 0 Å². The Balaban J connectivity index is 1.81. The number of carbonyl (C=O) groups excluding carboxylic acids is 2. The van der Waals surface area contributed by atoms with Gasteiger partial charge < -0.3 is 9.15 Å². The number of aromatic nitrogens is 1. The molecule has 1 heterocycles. The zero-order chi connectivity index (χ0) is 14.4. The summed E-state index contributed by atoms with van der Waals surface area (Å²) in [6.45, 7) is 1.69. The Labute approximate surface area is 115 Å². The van der Waals surface area contributed by atoms with Crippen LogP contribution >= 0.6 is 0 Å². The second-order valence-corrected chi connectivity index (χ2v) is 4.14. The first kappa shape index (κ1) is 13.8. The van der Waals surface area contributed by atoms with Crippen molar-refractivity contribution in [3.05, 3.63) is 54.2 Å². The Morgan fingerprint density at radius 3 is 2.75 bits per heavy atom. The normalized spacial score (nSPS) is 11.7. The molecule has 1 unspecified atom stereocenters. The van der Waals surface area contributed by atoms with Crippen molar-refractivity contribution in [1.82, 2.24) is 10.3 Å². The molecule has 0 saturated carbocycles. The molecule has 1 aromatic heterocycles. The highest BCUT2D eigenvalue weighted by Crippen LogP contribution is 2.12. The molecule has 2 amide bonds. The van der Waals surface area contributed by atoms with E-state index in [0.29, 0.717) is 0 Å². The fraction of sp³-hybridized carbons (Fsp3) is 0.214. The molecule has 0 aliphatic carbocycles. The number of ether oxygens (including phenoxy) is 1. The van der Waals surface area contributed by atoms with Gasteiger partial charge in [0.2, 0.25) is 11.8 Å². The second-order valence-electron chi connectivity index (χ2n) is 4.14. The fourth-order valence-electron chi connectivity index (χ4n) is 1.53. The molecule has 0 fully saturated rings. The van der Waals surface area contributed by atoms with Crippen molar-refractivity contribution in [2.75, 3.05) is 0 Å². The van der Waals surface area contributed by atoms with E-state index in [4.69, 9.17) is 9.15 Å². The Hall–Kier alpha value is -2.63. The molecule has 0 aliphatic heterocycles. The minimum absolute atomic E-state index is 0.105. The Morgan fingerprint density at radius 1 is 1.35 bits per heavy atom. The van der Waals surface area contributed by atoms with Gasteiger partial charge in [-0.2, -0.15) is 0 Å². The van der Waals surface area contributed by atoms with E-state index in [0.717, 1.165) is 5.56 Å². The van der Waals surface area contributed by atoms with Crippen molar-refractivity contribution >= 4 is 12.0 Å². The monoisotopic (exact) mass is 274 g/mol. The van der Waals surface area contributed by atoms with E-state index in [1.165, 1.54) is 12.5 Å².